The molecule has 0 aliphatic carbocycles. The molecule has 142 valence electrons. The number of nitro groups is 1. The summed E-state index contributed by atoms with van der Waals surface area (Å²) in [6.07, 6.45) is 0.987. The lowest BCUT2D eigenvalue weighted by molar-refractivity contribution is -0.384. The van der Waals surface area contributed by atoms with E-state index in [-0.39, 0.29) is 17.4 Å². The van der Waals surface area contributed by atoms with E-state index in [4.69, 9.17) is 17.0 Å². The summed E-state index contributed by atoms with van der Waals surface area (Å²) >= 11 is 5.20. The molecular weight excluding hydrogens is 366 g/mol. The quantitative estimate of drug-likeness (QED) is 0.424. The van der Waals surface area contributed by atoms with Crippen molar-refractivity contribution < 1.29 is 14.5 Å². The van der Waals surface area contributed by atoms with Crippen LogP contribution in [-0.2, 0) is 4.79 Å². The second-order valence-corrected chi connectivity index (χ2v) is 6.35. The molecule has 0 unspecified atom stereocenters. The molecule has 0 bridgehead atoms. The second-order valence-electron chi connectivity index (χ2n) is 5.94. The molecule has 2 aromatic rings. The number of hydrogen-bond acceptors (Lipinski definition) is 5. The zero-order chi connectivity index (χ0) is 19.8. The summed E-state index contributed by atoms with van der Waals surface area (Å²) in [5.41, 5.74) is 1.93. The van der Waals surface area contributed by atoms with Crippen LogP contribution in [0.5, 0.6) is 5.75 Å². The molecule has 0 spiro atoms. The number of rotatable bonds is 7. The average Bonchev–Trinajstić information content (AvgIpc) is 2.66. The molecule has 0 radical (unpaired) electrons. The minimum Gasteiger partial charge on any atom is -0.484 e. The Hall–Kier alpha value is -3.00. The number of carbonyl (C=O) groups is 1. The summed E-state index contributed by atoms with van der Waals surface area (Å²) in [4.78, 5) is 22.1. The minimum absolute atomic E-state index is 0.0443. The molecule has 1 amide bonds. The summed E-state index contributed by atoms with van der Waals surface area (Å²) in [5.74, 6) is 0.293. The normalized spacial score (nSPS) is 11.3. The zero-order valence-corrected chi connectivity index (χ0v) is 15.9. The maximum Gasteiger partial charge on any atom is 0.269 e. The summed E-state index contributed by atoms with van der Waals surface area (Å²) in [6, 6.07) is 13.3. The number of thiocarbonyl (C=S) groups is 1. The fraction of sp³-hybridized carbons (Fsp3) is 0.263. The van der Waals surface area contributed by atoms with Crippen molar-refractivity contribution in [3.63, 3.8) is 0 Å². The van der Waals surface area contributed by atoms with E-state index in [0.717, 1.165) is 17.7 Å². The zero-order valence-electron chi connectivity index (χ0n) is 15.1. The number of ether oxygens (including phenoxy) is 1. The number of nitrogens with one attached hydrogen (secondary N) is 2. The van der Waals surface area contributed by atoms with E-state index in [0.29, 0.717) is 11.7 Å². The molecule has 0 aliphatic rings. The van der Waals surface area contributed by atoms with Gasteiger partial charge in [0.1, 0.15) is 5.75 Å². The van der Waals surface area contributed by atoms with Crippen molar-refractivity contribution in [3.05, 3.63) is 64.2 Å². The molecular formula is C19H21N3O4S. The minimum atomic E-state index is -0.502. The van der Waals surface area contributed by atoms with Gasteiger partial charge in [0, 0.05) is 17.8 Å². The highest BCUT2D eigenvalue weighted by Crippen LogP contribution is 2.26. The van der Waals surface area contributed by atoms with Crippen LogP contribution in [-0.4, -0.2) is 22.5 Å². The number of carbonyl (C=O) groups excluding carboxylic acids is 1. The Morgan fingerprint density at radius 2 is 1.89 bits per heavy atom. The highest BCUT2D eigenvalue weighted by molar-refractivity contribution is 7.80. The van der Waals surface area contributed by atoms with Crippen LogP contribution in [0.2, 0.25) is 0 Å². The van der Waals surface area contributed by atoms with Crippen molar-refractivity contribution in [1.29, 1.82) is 0 Å². The average molecular weight is 387 g/mol. The Kier molecular flexibility index (Phi) is 7.25. The van der Waals surface area contributed by atoms with E-state index in [1.54, 1.807) is 0 Å². The van der Waals surface area contributed by atoms with Gasteiger partial charge in [0.25, 0.3) is 11.6 Å². The van der Waals surface area contributed by atoms with Gasteiger partial charge in [-0.1, -0.05) is 32.0 Å². The number of para-hydroxylation sites is 1. The molecule has 0 aliphatic heterocycles. The van der Waals surface area contributed by atoms with E-state index < -0.39 is 10.8 Å². The monoisotopic (exact) mass is 387 g/mol. The van der Waals surface area contributed by atoms with Crippen molar-refractivity contribution >= 4 is 34.6 Å². The van der Waals surface area contributed by atoms with Crippen molar-refractivity contribution in [3.8, 4) is 5.75 Å². The molecule has 1 atom stereocenters. The maximum absolute atomic E-state index is 12.0. The Labute approximate surface area is 162 Å². The van der Waals surface area contributed by atoms with E-state index in [2.05, 4.69) is 24.5 Å². The Bertz CT molecular complexity index is 824. The number of nitro benzene ring substituents is 1. The lowest BCUT2D eigenvalue weighted by Gasteiger charge is -2.17. The summed E-state index contributed by atoms with van der Waals surface area (Å²) in [7, 11) is 0. The number of benzene rings is 2. The molecule has 0 aromatic heterocycles. The third kappa shape index (κ3) is 6.03. The number of nitrogens with zero attached hydrogens (tertiary/aromatic N) is 1. The standard InChI is InChI=1S/C19H21N3O4S/c1-3-13(2)16-6-4-5-7-17(16)20-19(27)21-18(23)12-26-15-10-8-14(9-11-15)22(24)25/h4-11,13H,3,12H2,1-2H3,(H2,20,21,23,27)/t13-/m1/s1. The van der Waals surface area contributed by atoms with Gasteiger partial charge in [0.05, 0.1) is 4.92 Å². The highest BCUT2D eigenvalue weighted by Gasteiger charge is 2.12. The van der Waals surface area contributed by atoms with E-state index in [1.807, 2.05) is 24.3 Å². The van der Waals surface area contributed by atoms with Gasteiger partial charge in [-0.15, -0.1) is 0 Å². The van der Waals surface area contributed by atoms with Crippen LogP contribution in [0.4, 0.5) is 11.4 Å². The molecule has 0 heterocycles. The fourth-order valence-electron chi connectivity index (χ4n) is 2.39. The van der Waals surface area contributed by atoms with Crippen molar-refractivity contribution in [1.82, 2.24) is 5.32 Å². The maximum atomic E-state index is 12.0. The van der Waals surface area contributed by atoms with E-state index >= 15 is 0 Å². The first-order valence-electron chi connectivity index (χ1n) is 8.47. The Balaban J connectivity index is 1.87. The first kappa shape index (κ1) is 20.3. The largest absolute Gasteiger partial charge is 0.484 e. The highest BCUT2D eigenvalue weighted by atomic mass is 32.1. The van der Waals surface area contributed by atoms with E-state index in [1.165, 1.54) is 24.3 Å². The van der Waals surface area contributed by atoms with Crippen molar-refractivity contribution in [2.45, 2.75) is 26.2 Å². The van der Waals surface area contributed by atoms with Crippen LogP contribution in [0.25, 0.3) is 0 Å². The number of hydrogen-bond donors (Lipinski definition) is 2. The van der Waals surface area contributed by atoms with Gasteiger partial charge < -0.3 is 10.1 Å². The smallest absolute Gasteiger partial charge is 0.269 e. The third-order valence-electron chi connectivity index (χ3n) is 4.02. The van der Waals surface area contributed by atoms with Gasteiger partial charge in [-0.3, -0.25) is 20.2 Å². The fourth-order valence-corrected chi connectivity index (χ4v) is 2.61. The predicted octanol–water partition coefficient (Wildman–Crippen LogP) is 4.00. The molecule has 2 rings (SSSR count). The third-order valence-corrected chi connectivity index (χ3v) is 4.23. The van der Waals surface area contributed by atoms with Gasteiger partial charge in [-0.25, -0.2) is 0 Å². The summed E-state index contributed by atoms with van der Waals surface area (Å²) in [5, 5.41) is 16.4. The molecule has 0 saturated carbocycles. The molecule has 2 aromatic carbocycles. The Morgan fingerprint density at radius 1 is 1.22 bits per heavy atom. The van der Waals surface area contributed by atoms with Gasteiger partial charge in [0.2, 0.25) is 0 Å². The molecule has 7 nitrogen and oxygen atoms in total. The van der Waals surface area contributed by atoms with Gasteiger partial charge >= 0.3 is 0 Å². The topological polar surface area (TPSA) is 93.5 Å². The van der Waals surface area contributed by atoms with Gasteiger partial charge in [0.15, 0.2) is 11.7 Å². The molecule has 27 heavy (non-hydrogen) atoms. The van der Waals surface area contributed by atoms with Crippen molar-refractivity contribution in [2.24, 2.45) is 0 Å². The van der Waals surface area contributed by atoms with Crippen LogP contribution >= 0.6 is 12.2 Å². The summed E-state index contributed by atoms with van der Waals surface area (Å²) < 4.78 is 5.31. The van der Waals surface area contributed by atoms with Crippen LogP contribution in [0.1, 0.15) is 31.7 Å². The lowest BCUT2D eigenvalue weighted by atomic mass is 9.97. The van der Waals surface area contributed by atoms with Crippen molar-refractivity contribution in [2.75, 3.05) is 11.9 Å². The van der Waals surface area contributed by atoms with E-state index in [9.17, 15) is 14.9 Å². The van der Waals surface area contributed by atoms with Crippen LogP contribution in [0.15, 0.2) is 48.5 Å². The molecule has 2 N–H and O–H groups in total. The summed E-state index contributed by atoms with van der Waals surface area (Å²) in [6.45, 7) is 3.98. The van der Waals surface area contributed by atoms with Crippen LogP contribution in [0.3, 0.4) is 0 Å². The lowest BCUT2D eigenvalue weighted by Crippen LogP contribution is -2.37. The molecule has 0 fully saturated rings. The molecule has 8 heteroatoms. The first-order chi connectivity index (χ1) is 12.9. The number of amides is 1. The number of anilines is 1. The second kappa shape index (κ2) is 9.63. The van der Waals surface area contributed by atoms with Crippen LogP contribution < -0.4 is 15.4 Å². The van der Waals surface area contributed by atoms with Gasteiger partial charge in [-0.2, -0.15) is 0 Å². The Morgan fingerprint density at radius 3 is 2.52 bits per heavy atom. The number of non-ortho nitro benzene ring substituents is 1. The van der Waals surface area contributed by atoms with Crippen LogP contribution in [0, 0.1) is 10.1 Å². The predicted molar refractivity (Wildman–Crippen MR) is 108 cm³/mol. The van der Waals surface area contributed by atoms with Gasteiger partial charge in [-0.05, 0) is 48.3 Å². The first-order valence-corrected chi connectivity index (χ1v) is 8.88. The molecule has 0 saturated heterocycles. The SMILES string of the molecule is CC[C@@H](C)c1ccccc1NC(=S)NC(=O)COc1ccc([N+](=O)[O-])cc1.